The van der Waals surface area contributed by atoms with Gasteiger partial charge < -0.3 is 10.6 Å². The van der Waals surface area contributed by atoms with Crippen molar-refractivity contribution in [3.63, 3.8) is 0 Å². The van der Waals surface area contributed by atoms with Gasteiger partial charge in [-0.1, -0.05) is 29.8 Å². The number of rotatable bonds is 6. The number of thiazole rings is 1. The normalized spacial score (nSPS) is 23.0. The van der Waals surface area contributed by atoms with Crippen molar-refractivity contribution in [3.8, 4) is 10.6 Å². The fraction of sp³-hybridized carbons (Fsp3) is 0.545. The predicted octanol–water partition coefficient (Wildman–Crippen LogP) is 3.20. The lowest BCUT2D eigenvalue weighted by Gasteiger charge is -2.32. The highest BCUT2D eigenvalue weighted by Gasteiger charge is 2.25. The van der Waals surface area contributed by atoms with Crippen molar-refractivity contribution >= 4 is 17.2 Å². The summed E-state index contributed by atoms with van der Waals surface area (Å²) < 4.78 is 0. The number of amides is 1. The van der Waals surface area contributed by atoms with E-state index in [0.29, 0.717) is 5.92 Å². The minimum Gasteiger partial charge on any atom is -0.354 e. The van der Waals surface area contributed by atoms with Gasteiger partial charge in [0.25, 0.3) is 0 Å². The van der Waals surface area contributed by atoms with Crippen molar-refractivity contribution in [2.75, 3.05) is 26.2 Å². The molecule has 1 aromatic heterocycles. The molecule has 2 fully saturated rings. The maximum absolute atomic E-state index is 12.2. The number of hydrogen-bond donors (Lipinski definition) is 2. The molecule has 6 heteroatoms. The Morgan fingerprint density at radius 1 is 1.29 bits per heavy atom. The summed E-state index contributed by atoms with van der Waals surface area (Å²) in [5.41, 5.74) is 3.62. The lowest BCUT2D eigenvalue weighted by atomic mass is 9.97. The van der Waals surface area contributed by atoms with Crippen LogP contribution in [-0.2, 0) is 11.3 Å². The molecule has 2 aliphatic heterocycles. The van der Waals surface area contributed by atoms with Gasteiger partial charge in [-0.3, -0.25) is 9.69 Å². The molecule has 2 aliphatic rings. The maximum atomic E-state index is 12.2. The van der Waals surface area contributed by atoms with Gasteiger partial charge in [0.15, 0.2) is 0 Å². The number of aromatic nitrogens is 1. The molecule has 28 heavy (non-hydrogen) atoms. The first-order valence-electron chi connectivity index (χ1n) is 10.4. The Morgan fingerprint density at radius 2 is 2.14 bits per heavy atom. The zero-order chi connectivity index (χ0) is 19.3. The Hall–Kier alpha value is -1.76. The molecule has 150 valence electrons. The van der Waals surface area contributed by atoms with E-state index in [0.717, 1.165) is 56.3 Å². The second-order valence-electron chi connectivity index (χ2n) is 8.15. The first kappa shape index (κ1) is 19.6. The number of carbonyl (C=O) groups excluding carboxylic acids is 1. The number of hydrogen-bond acceptors (Lipinski definition) is 5. The maximum Gasteiger partial charge on any atom is 0.237 e. The molecule has 2 aromatic rings. The first-order valence-corrected chi connectivity index (χ1v) is 11.3. The van der Waals surface area contributed by atoms with Gasteiger partial charge in [-0.15, -0.1) is 11.3 Å². The molecule has 2 unspecified atom stereocenters. The molecule has 0 radical (unpaired) electrons. The van der Waals surface area contributed by atoms with Crippen molar-refractivity contribution in [1.82, 2.24) is 20.5 Å². The largest absolute Gasteiger partial charge is 0.354 e. The average Bonchev–Trinajstić information content (AvgIpc) is 3.39. The number of carbonyl (C=O) groups is 1. The Morgan fingerprint density at radius 3 is 2.93 bits per heavy atom. The number of likely N-dealkylation sites (tertiary alicyclic amines) is 1. The number of aryl methyl sites for hydroxylation is 1. The van der Waals surface area contributed by atoms with Crippen molar-refractivity contribution in [2.24, 2.45) is 5.92 Å². The van der Waals surface area contributed by atoms with E-state index < -0.39 is 0 Å². The van der Waals surface area contributed by atoms with Gasteiger partial charge >= 0.3 is 0 Å². The quantitative estimate of drug-likeness (QED) is 0.785. The minimum absolute atomic E-state index is 0.0231. The molecule has 4 rings (SSSR count). The summed E-state index contributed by atoms with van der Waals surface area (Å²) in [6, 6.07) is 8.60. The van der Waals surface area contributed by atoms with Crippen LogP contribution >= 0.6 is 11.3 Å². The molecular weight excluding hydrogens is 368 g/mol. The molecule has 0 spiro atoms. The molecule has 2 N–H and O–H groups in total. The van der Waals surface area contributed by atoms with E-state index in [2.05, 4.69) is 52.1 Å². The monoisotopic (exact) mass is 398 g/mol. The highest BCUT2D eigenvalue weighted by Crippen LogP contribution is 2.25. The fourth-order valence-electron chi connectivity index (χ4n) is 4.18. The minimum atomic E-state index is 0.0231. The smallest absolute Gasteiger partial charge is 0.237 e. The molecule has 1 aromatic carbocycles. The van der Waals surface area contributed by atoms with Crippen LogP contribution < -0.4 is 10.6 Å². The first-order chi connectivity index (χ1) is 13.7. The van der Waals surface area contributed by atoms with Gasteiger partial charge in [-0.25, -0.2) is 4.98 Å². The zero-order valence-electron chi connectivity index (χ0n) is 16.6. The van der Waals surface area contributed by atoms with Crippen molar-refractivity contribution in [1.29, 1.82) is 0 Å². The number of benzene rings is 1. The van der Waals surface area contributed by atoms with Gasteiger partial charge in [0.1, 0.15) is 5.01 Å². The van der Waals surface area contributed by atoms with Gasteiger partial charge in [0, 0.05) is 30.6 Å². The van der Waals surface area contributed by atoms with Crippen molar-refractivity contribution in [2.45, 2.75) is 45.2 Å². The highest BCUT2D eigenvalue weighted by molar-refractivity contribution is 7.13. The van der Waals surface area contributed by atoms with Crippen LogP contribution in [0.3, 0.4) is 0 Å². The molecule has 0 aliphatic carbocycles. The van der Waals surface area contributed by atoms with E-state index in [9.17, 15) is 4.79 Å². The van der Waals surface area contributed by atoms with Crippen LogP contribution in [0.15, 0.2) is 29.6 Å². The summed E-state index contributed by atoms with van der Waals surface area (Å²) in [7, 11) is 0. The van der Waals surface area contributed by atoms with Crippen LogP contribution in [0.25, 0.3) is 10.6 Å². The van der Waals surface area contributed by atoms with E-state index in [4.69, 9.17) is 4.98 Å². The summed E-state index contributed by atoms with van der Waals surface area (Å²) in [4.78, 5) is 19.6. The average molecular weight is 399 g/mol. The Balaban J connectivity index is 1.28. The van der Waals surface area contributed by atoms with Gasteiger partial charge in [0.2, 0.25) is 5.91 Å². The SMILES string of the molecule is Cc1ccc(-c2nc(CN3CCCC(CNC(=O)C4CCCN4)C3)cs2)cc1. The Kier molecular flexibility index (Phi) is 6.40. The molecule has 2 atom stereocenters. The van der Waals surface area contributed by atoms with Crippen LogP contribution in [0.4, 0.5) is 0 Å². The second kappa shape index (κ2) is 9.16. The summed E-state index contributed by atoms with van der Waals surface area (Å²) >= 11 is 1.72. The third-order valence-corrected chi connectivity index (χ3v) is 6.72. The number of nitrogens with zero attached hydrogens (tertiary/aromatic N) is 2. The molecular formula is C22H30N4OS. The summed E-state index contributed by atoms with van der Waals surface area (Å²) in [6.45, 7) is 6.92. The Bertz CT molecular complexity index is 782. The predicted molar refractivity (Wildman–Crippen MR) is 114 cm³/mol. The molecule has 0 bridgehead atoms. The zero-order valence-corrected chi connectivity index (χ0v) is 17.4. The number of nitrogens with one attached hydrogen (secondary N) is 2. The molecule has 2 saturated heterocycles. The van der Waals surface area contributed by atoms with E-state index in [1.807, 2.05) is 0 Å². The molecule has 0 saturated carbocycles. The molecule has 5 nitrogen and oxygen atoms in total. The van der Waals surface area contributed by atoms with Gasteiger partial charge in [-0.2, -0.15) is 0 Å². The van der Waals surface area contributed by atoms with Gasteiger partial charge in [0.05, 0.1) is 11.7 Å². The second-order valence-corrected chi connectivity index (χ2v) is 9.01. The standard InChI is InChI=1S/C22H30N4OS/c1-16-6-8-18(9-7-16)22-25-19(15-28-22)14-26-11-3-4-17(13-26)12-24-21(27)20-5-2-10-23-20/h6-9,15,17,20,23H,2-5,10-14H2,1H3,(H,24,27). The topological polar surface area (TPSA) is 57.3 Å². The van der Waals surface area contributed by atoms with Crippen LogP contribution in [0.5, 0.6) is 0 Å². The molecule has 3 heterocycles. The van der Waals surface area contributed by atoms with E-state index in [1.54, 1.807) is 11.3 Å². The van der Waals surface area contributed by atoms with Crippen LogP contribution in [-0.4, -0.2) is 48.0 Å². The van der Waals surface area contributed by atoms with Crippen LogP contribution in [0, 0.1) is 12.8 Å². The third kappa shape index (κ3) is 4.99. The number of piperidine rings is 1. The van der Waals surface area contributed by atoms with Crippen molar-refractivity contribution in [3.05, 3.63) is 40.9 Å². The third-order valence-electron chi connectivity index (χ3n) is 5.78. The lowest BCUT2D eigenvalue weighted by molar-refractivity contribution is -0.123. The van der Waals surface area contributed by atoms with Gasteiger partial charge in [-0.05, 0) is 51.6 Å². The lowest BCUT2D eigenvalue weighted by Crippen LogP contribution is -2.45. The summed E-state index contributed by atoms with van der Waals surface area (Å²) in [5.74, 6) is 0.714. The van der Waals surface area contributed by atoms with E-state index in [1.165, 1.54) is 24.0 Å². The van der Waals surface area contributed by atoms with Crippen molar-refractivity contribution < 1.29 is 4.79 Å². The van der Waals surface area contributed by atoms with Crippen LogP contribution in [0.2, 0.25) is 0 Å². The fourth-order valence-corrected chi connectivity index (χ4v) is 4.99. The highest BCUT2D eigenvalue weighted by atomic mass is 32.1. The summed E-state index contributed by atoms with van der Waals surface area (Å²) in [6.07, 6.45) is 4.46. The van der Waals surface area contributed by atoms with Crippen LogP contribution in [0.1, 0.15) is 36.9 Å². The Labute approximate surface area is 171 Å². The molecule has 1 amide bonds. The summed E-state index contributed by atoms with van der Waals surface area (Å²) in [5, 5.41) is 9.73. The van der Waals surface area contributed by atoms with E-state index >= 15 is 0 Å². The van der Waals surface area contributed by atoms with E-state index in [-0.39, 0.29) is 11.9 Å².